The molecule has 0 aromatic heterocycles. The fourth-order valence-electron chi connectivity index (χ4n) is 3.82. The molecule has 8 heteroatoms. The lowest BCUT2D eigenvalue weighted by atomic mass is 10.0. The number of allylic oxidation sites excluding steroid dienone is 1. The first-order valence-corrected chi connectivity index (χ1v) is 10.4. The lowest BCUT2D eigenvalue weighted by Crippen LogP contribution is -2.09. The fraction of sp³-hybridized carbons (Fsp3) is 0.154. The third kappa shape index (κ3) is 3.79. The molecule has 0 N–H and O–H groups in total. The number of esters is 1. The van der Waals surface area contributed by atoms with Gasteiger partial charge >= 0.3 is 5.97 Å². The molecule has 0 aliphatic carbocycles. The molecule has 34 heavy (non-hydrogen) atoms. The molecule has 2 heterocycles. The van der Waals surface area contributed by atoms with Crippen molar-refractivity contribution in [1.82, 2.24) is 0 Å². The quantitative estimate of drug-likeness (QED) is 0.311. The maximum atomic E-state index is 13.0. The number of carbonyl (C=O) groups excluding carboxylic acids is 2. The SMILES string of the molecule is COc1ccc(C(=O)Oc2cc(C)c3c(c2)O/C(=C\c2ccc4c(c2)OCO4)C3=O)cc1OC. The number of hydrogen-bond acceptors (Lipinski definition) is 8. The minimum Gasteiger partial charge on any atom is -0.493 e. The Labute approximate surface area is 195 Å². The third-order valence-corrected chi connectivity index (χ3v) is 5.47. The zero-order valence-corrected chi connectivity index (χ0v) is 18.7. The van der Waals surface area contributed by atoms with Crippen LogP contribution in [0.1, 0.15) is 31.8 Å². The lowest BCUT2D eigenvalue weighted by molar-refractivity contribution is 0.0734. The smallest absolute Gasteiger partial charge is 0.343 e. The Hall–Kier alpha value is -4.46. The predicted octanol–water partition coefficient (Wildman–Crippen LogP) is 4.58. The van der Waals surface area contributed by atoms with Crippen LogP contribution in [-0.2, 0) is 0 Å². The van der Waals surface area contributed by atoms with Crippen LogP contribution in [-0.4, -0.2) is 32.8 Å². The molecule has 0 amide bonds. The summed E-state index contributed by atoms with van der Waals surface area (Å²) >= 11 is 0. The monoisotopic (exact) mass is 460 g/mol. The van der Waals surface area contributed by atoms with Crippen molar-refractivity contribution in [3.05, 3.63) is 76.5 Å². The molecule has 8 nitrogen and oxygen atoms in total. The molecule has 0 spiro atoms. The Morgan fingerprint density at radius 3 is 2.50 bits per heavy atom. The van der Waals surface area contributed by atoms with Crippen LogP contribution in [0.25, 0.3) is 6.08 Å². The number of methoxy groups -OCH3 is 2. The van der Waals surface area contributed by atoms with Crippen LogP contribution in [0.15, 0.2) is 54.3 Å². The second kappa shape index (κ2) is 8.47. The molecule has 0 atom stereocenters. The van der Waals surface area contributed by atoms with Crippen molar-refractivity contribution >= 4 is 17.8 Å². The molecule has 0 radical (unpaired) electrons. The van der Waals surface area contributed by atoms with Crippen LogP contribution >= 0.6 is 0 Å². The molecular weight excluding hydrogens is 440 g/mol. The molecule has 0 unspecified atom stereocenters. The van der Waals surface area contributed by atoms with Gasteiger partial charge < -0.3 is 28.4 Å². The van der Waals surface area contributed by atoms with Gasteiger partial charge in [0.05, 0.1) is 25.3 Å². The van der Waals surface area contributed by atoms with Gasteiger partial charge in [-0.1, -0.05) is 6.07 Å². The zero-order chi connectivity index (χ0) is 23.8. The van der Waals surface area contributed by atoms with Gasteiger partial charge in [0.1, 0.15) is 11.5 Å². The summed E-state index contributed by atoms with van der Waals surface area (Å²) in [6.45, 7) is 1.93. The molecular formula is C26H20O8. The molecule has 5 rings (SSSR count). The Morgan fingerprint density at radius 1 is 0.912 bits per heavy atom. The van der Waals surface area contributed by atoms with E-state index in [4.69, 9.17) is 28.4 Å². The van der Waals surface area contributed by atoms with E-state index in [1.54, 1.807) is 43.3 Å². The number of aryl methyl sites for hydroxylation is 1. The number of ketones is 1. The lowest BCUT2D eigenvalue weighted by Gasteiger charge is -2.10. The standard InChI is InChI=1S/C26H20O8/c1-14-8-17(33-26(28)16-5-7-18(29-2)20(11-16)30-3)12-22-24(14)25(27)23(34-22)10-15-4-6-19-21(9-15)32-13-31-19/h4-12H,13H2,1-3H3/b23-10-. The van der Waals surface area contributed by atoms with Gasteiger partial charge in [0, 0.05) is 6.07 Å². The summed E-state index contributed by atoms with van der Waals surface area (Å²) in [4.78, 5) is 25.7. The summed E-state index contributed by atoms with van der Waals surface area (Å²) in [5.41, 5.74) is 2.08. The van der Waals surface area contributed by atoms with Gasteiger partial charge in [-0.3, -0.25) is 4.79 Å². The van der Waals surface area contributed by atoms with Gasteiger partial charge in [0.15, 0.2) is 28.8 Å². The van der Waals surface area contributed by atoms with E-state index in [2.05, 4.69) is 0 Å². The molecule has 2 aliphatic rings. The van der Waals surface area contributed by atoms with Crippen molar-refractivity contribution in [2.24, 2.45) is 0 Å². The highest BCUT2D eigenvalue weighted by Crippen LogP contribution is 2.39. The second-order valence-corrected chi connectivity index (χ2v) is 7.63. The van der Waals surface area contributed by atoms with Crippen LogP contribution in [0.4, 0.5) is 0 Å². The Bertz CT molecular complexity index is 1360. The van der Waals surface area contributed by atoms with Crippen LogP contribution in [0.5, 0.6) is 34.5 Å². The van der Waals surface area contributed by atoms with Crippen molar-refractivity contribution < 1.29 is 38.0 Å². The van der Waals surface area contributed by atoms with Gasteiger partial charge in [-0.05, 0) is 60.5 Å². The molecule has 2 aliphatic heterocycles. The highest BCUT2D eigenvalue weighted by Gasteiger charge is 2.30. The summed E-state index contributed by atoms with van der Waals surface area (Å²) in [5, 5.41) is 0. The largest absolute Gasteiger partial charge is 0.493 e. The van der Waals surface area contributed by atoms with Crippen molar-refractivity contribution in [3.63, 3.8) is 0 Å². The number of hydrogen-bond donors (Lipinski definition) is 0. The van der Waals surface area contributed by atoms with Crippen LogP contribution < -0.4 is 28.4 Å². The number of Topliss-reactive ketones (excluding diaryl/α,β-unsaturated/α-hetero) is 1. The predicted molar refractivity (Wildman–Crippen MR) is 121 cm³/mol. The van der Waals surface area contributed by atoms with E-state index in [0.29, 0.717) is 39.9 Å². The summed E-state index contributed by atoms with van der Waals surface area (Å²) in [6.07, 6.45) is 1.64. The molecule has 0 saturated carbocycles. The Kier molecular flexibility index (Phi) is 5.33. The van der Waals surface area contributed by atoms with E-state index < -0.39 is 5.97 Å². The van der Waals surface area contributed by atoms with Gasteiger partial charge in [-0.15, -0.1) is 0 Å². The maximum absolute atomic E-state index is 13.0. The number of benzene rings is 3. The number of carbonyl (C=O) groups is 2. The van der Waals surface area contributed by atoms with Gasteiger partial charge in [-0.2, -0.15) is 0 Å². The number of fused-ring (bicyclic) bond motifs is 2. The molecule has 3 aromatic rings. The van der Waals surface area contributed by atoms with Gasteiger partial charge in [0.2, 0.25) is 12.6 Å². The van der Waals surface area contributed by atoms with E-state index in [-0.39, 0.29) is 29.6 Å². The fourth-order valence-corrected chi connectivity index (χ4v) is 3.82. The van der Waals surface area contributed by atoms with Crippen LogP contribution in [0.2, 0.25) is 0 Å². The summed E-state index contributed by atoms with van der Waals surface area (Å²) in [5.74, 6) is 2.10. The zero-order valence-electron chi connectivity index (χ0n) is 18.7. The maximum Gasteiger partial charge on any atom is 0.343 e. The summed E-state index contributed by atoms with van der Waals surface area (Å²) < 4.78 is 32.5. The first kappa shape index (κ1) is 21.4. The molecule has 3 aromatic carbocycles. The van der Waals surface area contributed by atoms with Gasteiger partial charge in [0.25, 0.3) is 0 Å². The minimum atomic E-state index is -0.583. The third-order valence-electron chi connectivity index (χ3n) is 5.47. The van der Waals surface area contributed by atoms with Crippen molar-refractivity contribution in [1.29, 1.82) is 0 Å². The van der Waals surface area contributed by atoms with E-state index in [0.717, 1.165) is 5.56 Å². The van der Waals surface area contributed by atoms with Crippen molar-refractivity contribution in [2.75, 3.05) is 21.0 Å². The van der Waals surface area contributed by atoms with E-state index in [1.807, 2.05) is 6.07 Å². The topological polar surface area (TPSA) is 89.5 Å². The van der Waals surface area contributed by atoms with Crippen molar-refractivity contribution in [3.8, 4) is 34.5 Å². The van der Waals surface area contributed by atoms with E-state index in [1.165, 1.54) is 26.4 Å². The number of rotatable bonds is 5. The summed E-state index contributed by atoms with van der Waals surface area (Å²) in [6, 6.07) is 13.3. The minimum absolute atomic E-state index is 0.167. The Balaban J connectivity index is 1.39. The molecule has 172 valence electrons. The first-order chi connectivity index (χ1) is 16.5. The van der Waals surface area contributed by atoms with E-state index >= 15 is 0 Å². The Morgan fingerprint density at radius 2 is 1.71 bits per heavy atom. The normalized spacial score (nSPS) is 14.6. The van der Waals surface area contributed by atoms with Gasteiger partial charge in [-0.25, -0.2) is 4.79 Å². The molecule has 0 bridgehead atoms. The average molecular weight is 460 g/mol. The van der Waals surface area contributed by atoms with Crippen molar-refractivity contribution in [2.45, 2.75) is 6.92 Å². The highest BCUT2D eigenvalue weighted by atomic mass is 16.7. The van der Waals surface area contributed by atoms with Crippen LogP contribution in [0.3, 0.4) is 0 Å². The highest BCUT2D eigenvalue weighted by molar-refractivity contribution is 6.15. The van der Waals surface area contributed by atoms with E-state index in [9.17, 15) is 9.59 Å². The first-order valence-electron chi connectivity index (χ1n) is 10.4. The average Bonchev–Trinajstić information content (AvgIpc) is 3.42. The molecule has 0 saturated heterocycles. The second-order valence-electron chi connectivity index (χ2n) is 7.63. The summed E-state index contributed by atoms with van der Waals surface area (Å²) in [7, 11) is 3.00. The molecule has 0 fully saturated rings. The number of ether oxygens (including phenoxy) is 6. The van der Waals surface area contributed by atoms with Crippen LogP contribution in [0, 0.1) is 6.92 Å².